The second-order valence-corrected chi connectivity index (χ2v) is 5.26. The van der Waals surface area contributed by atoms with Crippen molar-refractivity contribution in [3.05, 3.63) is 0 Å². The number of likely N-dealkylation sites (N-methyl/N-ethyl adjacent to an activating group) is 2. The molecule has 4 heteroatoms. The molecule has 1 heterocycles. The largest absolute Gasteiger partial charge is 0.377 e. The zero-order chi connectivity index (χ0) is 12.2. The Bertz CT molecular complexity index is 210. The summed E-state index contributed by atoms with van der Waals surface area (Å²) in [4.78, 5) is 4.73. The smallest absolute Gasteiger partial charge is 0.0597 e. The van der Waals surface area contributed by atoms with Gasteiger partial charge >= 0.3 is 0 Å². The first-order chi connectivity index (χ1) is 7.50. The van der Waals surface area contributed by atoms with E-state index >= 15 is 0 Å². The van der Waals surface area contributed by atoms with Gasteiger partial charge in [0.15, 0.2) is 0 Å². The Hall–Kier alpha value is -0.160. The molecular weight excluding hydrogens is 202 g/mol. The first kappa shape index (κ1) is 13.9. The van der Waals surface area contributed by atoms with Gasteiger partial charge < -0.3 is 15.4 Å². The Morgan fingerprint density at radius 3 is 2.62 bits per heavy atom. The number of nitrogens with two attached hydrogens (primary N) is 1. The minimum absolute atomic E-state index is 0.162. The SMILES string of the molecule is CC(C)OCCN(C)C1(CN)CCN(C)C1. The van der Waals surface area contributed by atoms with E-state index < -0.39 is 0 Å². The summed E-state index contributed by atoms with van der Waals surface area (Å²) in [5, 5.41) is 0. The van der Waals surface area contributed by atoms with Crippen LogP contribution in [-0.2, 0) is 4.74 Å². The van der Waals surface area contributed by atoms with Crippen LogP contribution in [0.2, 0.25) is 0 Å². The molecule has 1 rings (SSSR count). The molecule has 0 spiro atoms. The van der Waals surface area contributed by atoms with Crippen molar-refractivity contribution in [2.45, 2.75) is 31.9 Å². The minimum atomic E-state index is 0.162. The fraction of sp³-hybridized carbons (Fsp3) is 1.00. The van der Waals surface area contributed by atoms with Crippen molar-refractivity contribution in [2.24, 2.45) is 5.73 Å². The Morgan fingerprint density at radius 2 is 2.19 bits per heavy atom. The lowest BCUT2D eigenvalue weighted by Crippen LogP contribution is -2.54. The maximum Gasteiger partial charge on any atom is 0.0597 e. The first-order valence-electron chi connectivity index (χ1n) is 6.21. The van der Waals surface area contributed by atoms with Gasteiger partial charge in [0.05, 0.1) is 12.7 Å². The number of ether oxygens (including phenoxy) is 1. The standard InChI is InChI=1S/C12H27N3O/c1-11(2)16-8-7-15(4)12(9-13)5-6-14(3)10-12/h11H,5-10,13H2,1-4H3. The Kier molecular flexibility index (Phi) is 5.18. The lowest BCUT2D eigenvalue weighted by atomic mass is 9.97. The van der Waals surface area contributed by atoms with Gasteiger partial charge in [-0.05, 0) is 40.9 Å². The van der Waals surface area contributed by atoms with Gasteiger partial charge in [0.25, 0.3) is 0 Å². The average molecular weight is 229 g/mol. The minimum Gasteiger partial charge on any atom is -0.377 e. The third kappa shape index (κ3) is 3.42. The summed E-state index contributed by atoms with van der Waals surface area (Å²) in [6, 6.07) is 0. The molecule has 0 radical (unpaired) electrons. The van der Waals surface area contributed by atoms with Gasteiger partial charge in [0, 0.05) is 25.2 Å². The fourth-order valence-corrected chi connectivity index (χ4v) is 2.36. The highest BCUT2D eigenvalue weighted by Gasteiger charge is 2.38. The summed E-state index contributed by atoms with van der Waals surface area (Å²) in [5.41, 5.74) is 6.12. The molecule has 0 aromatic heterocycles. The van der Waals surface area contributed by atoms with Crippen LogP contribution in [0.5, 0.6) is 0 Å². The monoisotopic (exact) mass is 229 g/mol. The van der Waals surface area contributed by atoms with Crippen molar-refractivity contribution in [1.82, 2.24) is 9.80 Å². The molecule has 1 saturated heterocycles. The van der Waals surface area contributed by atoms with Crippen LogP contribution in [0.3, 0.4) is 0 Å². The molecule has 1 atom stereocenters. The van der Waals surface area contributed by atoms with E-state index in [0.717, 1.165) is 39.2 Å². The summed E-state index contributed by atoms with van der Waals surface area (Å²) >= 11 is 0. The van der Waals surface area contributed by atoms with Crippen molar-refractivity contribution in [2.75, 3.05) is 46.9 Å². The van der Waals surface area contributed by atoms with Gasteiger partial charge in [0.1, 0.15) is 0 Å². The normalized spacial score (nSPS) is 27.2. The van der Waals surface area contributed by atoms with Crippen LogP contribution in [0.25, 0.3) is 0 Å². The molecule has 1 unspecified atom stereocenters. The molecule has 0 bridgehead atoms. The molecule has 0 aliphatic carbocycles. The van der Waals surface area contributed by atoms with Gasteiger partial charge in [-0.2, -0.15) is 0 Å². The molecule has 0 aromatic carbocycles. The molecule has 1 aliphatic rings. The van der Waals surface area contributed by atoms with Crippen LogP contribution in [0.15, 0.2) is 0 Å². The van der Waals surface area contributed by atoms with Crippen LogP contribution in [-0.4, -0.2) is 68.3 Å². The van der Waals surface area contributed by atoms with E-state index in [1.807, 2.05) is 0 Å². The number of rotatable bonds is 6. The van der Waals surface area contributed by atoms with E-state index in [9.17, 15) is 0 Å². The van der Waals surface area contributed by atoms with Crippen LogP contribution in [0.1, 0.15) is 20.3 Å². The molecule has 4 nitrogen and oxygen atoms in total. The highest BCUT2D eigenvalue weighted by Crippen LogP contribution is 2.24. The fourth-order valence-electron chi connectivity index (χ4n) is 2.36. The molecule has 96 valence electrons. The topological polar surface area (TPSA) is 41.7 Å². The third-order valence-corrected chi connectivity index (χ3v) is 3.59. The third-order valence-electron chi connectivity index (χ3n) is 3.59. The Balaban J connectivity index is 2.41. The molecule has 1 fully saturated rings. The molecular formula is C12H27N3O. The van der Waals surface area contributed by atoms with Crippen molar-refractivity contribution < 1.29 is 4.74 Å². The molecule has 0 amide bonds. The molecule has 0 saturated carbocycles. The maximum atomic E-state index is 5.95. The number of hydrogen-bond acceptors (Lipinski definition) is 4. The van der Waals surface area contributed by atoms with E-state index in [2.05, 4.69) is 37.7 Å². The highest BCUT2D eigenvalue weighted by molar-refractivity contribution is 4.98. The van der Waals surface area contributed by atoms with Gasteiger partial charge in [-0.25, -0.2) is 0 Å². The van der Waals surface area contributed by atoms with Gasteiger partial charge in [-0.3, -0.25) is 4.90 Å². The number of likely N-dealkylation sites (tertiary alicyclic amines) is 1. The molecule has 2 N–H and O–H groups in total. The maximum absolute atomic E-state index is 5.95. The predicted molar refractivity (Wildman–Crippen MR) is 67.6 cm³/mol. The van der Waals surface area contributed by atoms with Crippen LogP contribution in [0, 0.1) is 0 Å². The lowest BCUT2D eigenvalue weighted by Gasteiger charge is -2.37. The van der Waals surface area contributed by atoms with Crippen LogP contribution < -0.4 is 5.73 Å². The van der Waals surface area contributed by atoms with Crippen molar-refractivity contribution >= 4 is 0 Å². The van der Waals surface area contributed by atoms with Crippen molar-refractivity contribution in [1.29, 1.82) is 0 Å². The Morgan fingerprint density at radius 1 is 1.50 bits per heavy atom. The molecule has 0 aromatic rings. The Labute approximate surface area is 99.7 Å². The summed E-state index contributed by atoms with van der Waals surface area (Å²) in [5.74, 6) is 0. The molecule has 1 aliphatic heterocycles. The van der Waals surface area contributed by atoms with Gasteiger partial charge in [0.2, 0.25) is 0 Å². The lowest BCUT2D eigenvalue weighted by molar-refractivity contribution is 0.0375. The highest BCUT2D eigenvalue weighted by atomic mass is 16.5. The quantitative estimate of drug-likeness (QED) is 0.715. The van der Waals surface area contributed by atoms with Gasteiger partial charge in [-0.15, -0.1) is 0 Å². The first-order valence-corrected chi connectivity index (χ1v) is 6.21. The van der Waals surface area contributed by atoms with E-state index in [4.69, 9.17) is 10.5 Å². The molecule has 16 heavy (non-hydrogen) atoms. The number of hydrogen-bond donors (Lipinski definition) is 1. The summed E-state index contributed by atoms with van der Waals surface area (Å²) in [7, 11) is 4.32. The number of nitrogens with zero attached hydrogens (tertiary/aromatic N) is 2. The zero-order valence-electron chi connectivity index (χ0n) is 11.2. The second kappa shape index (κ2) is 5.96. The van der Waals surface area contributed by atoms with Crippen molar-refractivity contribution in [3.8, 4) is 0 Å². The second-order valence-electron chi connectivity index (χ2n) is 5.26. The average Bonchev–Trinajstić information content (AvgIpc) is 2.60. The van der Waals surface area contributed by atoms with Crippen LogP contribution >= 0.6 is 0 Å². The summed E-state index contributed by atoms with van der Waals surface area (Å²) < 4.78 is 5.59. The van der Waals surface area contributed by atoms with E-state index in [1.165, 1.54) is 0 Å². The summed E-state index contributed by atoms with van der Waals surface area (Å²) in [6.45, 7) is 8.84. The van der Waals surface area contributed by atoms with Gasteiger partial charge in [-0.1, -0.05) is 0 Å². The van der Waals surface area contributed by atoms with E-state index in [0.29, 0.717) is 6.10 Å². The van der Waals surface area contributed by atoms with E-state index in [1.54, 1.807) is 0 Å². The van der Waals surface area contributed by atoms with Crippen molar-refractivity contribution in [3.63, 3.8) is 0 Å². The summed E-state index contributed by atoms with van der Waals surface area (Å²) in [6.07, 6.45) is 1.48. The van der Waals surface area contributed by atoms with E-state index in [-0.39, 0.29) is 5.54 Å². The zero-order valence-corrected chi connectivity index (χ0v) is 11.2. The predicted octanol–water partition coefficient (Wildman–Crippen LogP) is 0.376. The van der Waals surface area contributed by atoms with Crippen LogP contribution in [0.4, 0.5) is 0 Å².